The topological polar surface area (TPSA) is 37.3 Å². The second kappa shape index (κ2) is 18.0. The highest BCUT2D eigenvalue weighted by Crippen LogP contribution is 2.13. The van der Waals surface area contributed by atoms with Gasteiger partial charge in [-0.2, -0.15) is 0 Å². The third kappa shape index (κ3) is 20.0. The smallest absolute Gasteiger partial charge is 0.185 e. The lowest BCUT2D eigenvalue weighted by molar-refractivity contribution is -0.109. The van der Waals surface area contributed by atoms with Gasteiger partial charge in [-0.25, -0.2) is 0 Å². The number of hydrogen-bond acceptors (Lipinski definition) is 3. The van der Waals surface area contributed by atoms with Crippen molar-refractivity contribution in [1.29, 1.82) is 0 Å². The molecule has 0 rings (SSSR count). The number of rotatable bonds is 16. The summed E-state index contributed by atoms with van der Waals surface area (Å²) in [5.41, 5.74) is 0. The van der Waals surface area contributed by atoms with Gasteiger partial charge in [0.2, 0.25) is 0 Å². The van der Waals surface area contributed by atoms with E-state index in [0.29, 0.717) is 6.61 Å². The highest BCUT2D eigenvalue weighted by Gasteiger charge is 1.96. The van der Waals surface area contributed by atoms with Crippen LogP contribution < -0.4 is 0 Å². The van der Waals surface area contributed by atoms with Crippen molar-refractivity contribution >= 4 is 16.9 Å². The molecule has 0 saturated carbocycles. The molecule has 0 aromatic rings. The molecule has 0 aromatic carbocycles. The molecule has 0 spiro atoms. The summed E-state index contributed by atoms with van der Waals surface area (Å²) in [5, 5.41) is 8.93. The second-order valence-corrected chi connectivity index (χ2v) is 7.29. The summed E-state index contributed by atoms with van der Waals surface area (Å²) in [6, 6.07) is 0. The van der Waals surface area contributed by atoms with Crippen LogP contribution in [-0.4, -0.2) is 22.6 Å². The average molecular weight is 317 g/mol. The third-order valence-corrected chi connectivity index (χ3v) is 4.76. The van der Waals surface area contributed by atoms with Crippen molar-refractivity contribution in [2.75, 3.05) is 12.4 Å². The largest absolute Gasteiger partial charge is 0.396 e. The van der Waals surface area contributed by atoms with Crippen LogP contribution in [-0.2, 0) is 4.79 Å². The molecule has 0 aliphatic rings. The Morgan fingerprint density at radius 1 is 0.667 bits per heavy atom. The zero-order chi connectivity index (χ0) is 15.6. The van der Waals surface area contributed by atoms with Gasteiger partial charge >= 0.3 is 0 Å². The van der Waals surface area contributed by atoms with Crippen LogP contribution >= 0.6 is 11.8 Å². The van der Waals surface area contributed by atoms with E-state index >= 15 is 0 Å². The van der Waals surface area contributed by atoms with E-state index in [4.69, 9.17) is 5.11 Å². The van der Waals surface area contributed by atoms with Crippen LogP contribution in [0.3, 0.4) is 0 Å². The Labute approximate surface area is 136 Å². The Hall–Kier alpha value is -0.0200. The summed E-state index contributed by atoms with van der Waals surface area (Å²) in [4.78, 5) is 10.7. The fourth-order valence-corrected chi connectivity index (χ4v) is 3.19. The zero-order valence-corrected chi connectivity index (χ0v) is 14.9. The first-order valence-corrected chi connectivity index (χ1v) is 10.00. The van der Waals surface area contributed by atoms with E-state index in [1.165, 1.54) is 95.2 Å². The van der Waals surface area contributed by atoms with Crippen LogP contribution in [0.2, 0.25) is 0 Å². The quantitative estimate of drug-likeness (QED) is 0.370. The number of unbranched alkanes of at least 4 members (excludes halogenated alkanes) is 13. The predicted molar refractivity (Wildman–Crippen MR) is 94.9 cm³/mol. The highest BCUT2D eigenvalue weighted by molar-refractivity contribution is 8.13. The van der Waals surface area contributed by atoms with Gasteiger partial charge in [0, 0.05) is 19.3 Å². The number of carbonyl (C=O) groups is 1. The molecule has 0 bridgehead atoms. The van der Waals surface area contributed by atoms with Crippen LogP contribution in [0.5, 0.6) is 0 Å². The van der Waals surface area contributed by atoms with E-state index in [-0.39, 0.29) is 5.12 Å². The van der Waals surface area contributed by atoms with Gasteiger partial charge < -0.3 is 5.11 Å². The molecule has 0 unspecified atom stereocenters. The lowest BCUT2D eigenvalue weighted by Gasteiger charge is -2.03. The minimum atomic E-state index is 0.253. The minimum Gasteiger partial charge on any atom is -0.396 e. The van der Waals surface area contributed by atoms with Crippen LogP contribution in [0.4, 0.5) is 0 Å². The lowest BCUT2D eigenvalue weighted by atomic mass is 10.0. The summed E-state index contributed by atoms with van der Waals surface area (Å²) >= 11 is 1.47. The number of carbonyl (C=O) groups excluding carboxylic acids is 1. The second-order valence-electron chi connectivity index (χ2n) is 6.01. The zero-order valence-electron chi connectivity index (χ0n) is 14.1. The molecule has 0 atom stereocenters. The van der Waals surface area contributed by atoms with Crippen LogP contribution in [0.1, 0.15) is 96.8 Å². The first kappa shape index (κ1) is 21.0. The molecule has 0 aromatic heterocycles. The Morgan fingerprint density at radius 2 is 1.00 bits per heavy atom. The number of thioether (sulfide) groups is 1. The van der Waals surface area contributed by atoms with Crippen molar-refractivity contribution in [2.24, 2.45) is 0 Å². The molecule has 21 heavy (non-hydrogen) atoms. The predicted octanol–water partition coefficient (Wildman–Crippen LogP) is 5.72. The first-order valence-electron chi connectivity index (χ1n) is 9.01. The summed E-state index contributed by atoms with van der Waals surface area (Å²) in [6.07, 6.45) is 18.3. The van der Waals surface area contributed by atoms with Crippen molar-refractivity contribution < 1.29 is 9.90 Å². The molecule has 0 amide bonds. The van der Waals surface area contributed by atoms with Crippen molar-refractivity contribution in [3.8, 4) is 0 Å². The molecular formula is C18H36O2S. The molecule has 2 nitrogen and oxygen atoms in total. The minimum absolute atomic E-state index is 0.253. The Balaban J connectivity index is 2.95. The van der Waals surface area contributed by atoms with Gasteiger partial charge in [0.05, 0.1) is 0 Å². The van der Waals surface area contributed by atoms with Gasteiger partial charge in [0.15, 0.2) is 5.12 Å². The Morgan fingerprint density at radius 3 is 1.33 bits per heavy atom. The van der Waals surface area contributed by atoms with Crippen LogP contribution in [0, 0.1) is 0 Å². The number of hydrogen-bond donors (Lipinski definition) is 1. The number of aliphatic hydroxyl groups is 1. The van der Waals surface area contributed by atoms with Crippen molar-refractivity contribution in [3.05, 3.63) is 0 Å². The van der Waals surface area contributed by atoms with Crippen molar-refractivity contribution in [1.82, 2.24) is 0 Å². The van der Waals surface area contributed by atoms with E-state index in [9.17, 15) is 4.79 Å². The molecule has 0 saturated heterocycles. The molecule has 126 valence electrons. The molecule has 0 heterocycles. The summed E-state index contributed by atoms with van der Waals surface area (Å²) < 4.78 is 0. The molecule has 3 heteroatoms. The standard InChI is InChI=1S/C18H36O2S/c1-18(20)21-17-15-13-11-9-7-5-3-2-4-6-8-10-12-14-16-19/h19H,2-17H2,1H3. The first-order chi connectivity index (χ1) is 10.3. The van der Waals surface area contributed by atoms with E-state index in [1.54, 1.807) is 6.92 Å². The van der Waals surface area contributed by atoms with Gasteiger partial charge in [-0.3, -0.25) is 4.79 Å². The molecule has 0 radical (unpaired) electrons. The maximum absolute atomic E-state index is 10.7. The van der Waals surface area contributed by atoms with Crippen molar-refractivity contribution in [3.63, 3.8) is 0 Å². The lowest BCUT2D eigenvalue weighted by Crippen LogP contribution is -1.87. The molecule has 0 aliphatic heterocycles. The van der Waals surface area contributed by atoms with E-state index in [0.717, 1.165) is 12.2 Å². The summed E-state index contributed by atoms with van der Waals surface area (Å²) in [7, 11) is 0. The van der Waals surface area contributed by atoms with Crippen LogP contribution in [0.25, 0.3) is 0 Å². The number of aliphatic hydroxyl groups excluding tert-OH is 1. The fourth-order valence-electron chi connectivity index (χ4n) is 2.55. The Bertz CT molecular complexity index is 219. The average Bonchev–Trinajstić information content (AvgIpc) is 2.46. The van der Waals surface area contributed by atoms with Gasteiger partial charge in [-0.1, -0.05) is 88.8 Å². The monoisotopic (exact) mass is 316 g/mol. The van der Waals surface area contributed by atoms with Crippen molar-refractivity contribution in [2.45, 2.75) is 96.8 Å². The maximum Gasteiger partial charge on any atom is 0.185 e. The molecule has 0 fully saturated rings. The van der Waals surface area contributed by atoms with E-state index < -0.39 is 0 Å². The highest BCUT2D eigenvalue weighted by atomic mass is 32.2. The third-order valence-electron chi connectivity index (χ3n) is 3.86. The van der Waals surface area contributed by atoms with Gasteiger partial charge in [0.25, 0.3) is 0 Å². The molecular weight excluding hydrogens is 280 g/mol. The molecule has 1 N–H and O–H groups in total. The van der Waals surface area contributed by atoms with Gasteiger partial charge in [-0.05, 0) is 12.8 Å². The van der Waals surface area contributed by atoms with Crippen LogP contribution in [0.15, 0.2) is 0 Å². The van der Waals surface area contributed by atoms with E-state index in [1.807, 2.05) is 0 Å². The SMILES string of the molecule is CC(=O)SCCCCCCCCCCCCCCCCO. The van der Waals surface area contributed by atoms with Gasteiger partial charge in [-0.15, -0.1) is 0 Å². The summed E-state index contributed by atoms with van der Waals surface area (Å²) in [5.74, 6) is 1.01. The fraction of sp³-hybridized carbons (Fsp3) is 0.944. The maximum atomic E-state index is 10.7. The van der Waals surface area contributed by atoms with Gasteiger partial charge in [0.1, 0.15) is 0 Å². The molecule has 0 aliphatic carbocycles. The normalized spacial score (nSPS) is 11.0. The van der Waals surface area contributed by atoms with E-state index in [2.05, 4.69) is 0 Å². The summed E-state index contributed by atoms with van der Waals surface area (Å²) in [6.45, 7) is 2.01. The Kier molecular flexibility index (Phi) is 18.0.